The maximum atomic E-state index is 11.7. The molecule has 13 heavy (non-hydrogen) atoms. The van der Waals surface area contributed by atoms with Gasteiger partial charge in [-0.05, 0) is 18.1 Å². The van der Waals surface area contributed by atoms with E-state index in [4.69, 9.17) is 0 Å². The Morgan fingerprint density at radius 1 is 1.54 bits per heavy atom. The highest BCUT2D eigenvalue weighted by Crippen LogP contribution is 2.12. The Hall–Kier alpha value is -1.18. The standard InChI is InChI=1S/C11H15NO/c1-4-9-7-12-6-5-10(9)11(13)8(2)3/h5-8H,4H2,1-3H3. The van der Waals surface area contributed by atoms with Gasteiger partial charge >= 0.3 is 0 Å². The number of nitrogens with zero attached hydrogens (tertiary/aromatic N) is 1. The van der Waals surface area contributed by atoms with E-state index < -0.39 is 0 Å². The van der Waals surface area contributed by atoms with Gasteiger partial charge < -0.3 is 0 Å². The molecule has 1 aromatic rings. The highest BCUT2D eigenvalue weighted by molar-refractivity contribution is 5.98. The van der Waals surface area contributed by atoms with Crippen LogP contribution < -0.4 is 0 Å². The van der Waals surface area contributed by atoms with Gasteiger partial charge in [0.05, 0.1) is 0 Å². The fourth-order valence-corrected chi connectivity index (χ4v) is 1.26. The minimum absolute atomic E-state index is 0.0627. The van der Waals surface area contributed by atoms with Gasteiger partial charge in [0.1, 0.15) is 0 Å². The van der Waals surface area contributed by atoms with Crippen molar-refractivity contribution in [2.75, 3.05) is 0 Å². The van der Waals surface area contributed by atoms with Gasteiger partial charge in [-0.2, -0.15) is 0 Å². The zero-order valence-corrected chi connectivity index (χ0v) is 8.37. The number of pyridine rings is 1. The first-order valence-electron chi connectivity index (χ1n) is 4.64. The van der Waals surface area contributed by atoms with Crippen molar-refractivity contribution in [2.45, 2.75) is 27.2 Å². The predicted octanol–water partition coefficient (Wildman–Crippen LogP) is 2.48. The second-order valence-electron chi connectivity index (χ2n) is 3.41. The number of Topliss-reactive ketones (excluding diaryl/α,β-unsaturated/α-hetero) is 1. The number of carbonyl (C=O) groups excluding carboxylic acids is 1. The number of hydrogen-bond acceptors (Lipinski definition) is 2. The lowest BCUT2D eigenvalue weighted by Crippen LogP contribution is -2.10. The van der Waals surface area contributed by atoms with Crippen molar-refractivity contribution in [3.05, 3.63) is 29.6 Å². The zero-order chi connectivity index (χ0) is 9.84. The van der Waals surface area contributed by atoms with Crippen LogP contribution in [0.15, 0.2) is 18.5 Å². The lowest BCUT2D eigenvalue weighted by Gasteiger charge is -2.07. The van der Waals surface area contributed by atoms with Crippen molar-refractivity contribution in [2.24, 2.45) is 5.92 Å². The van der Waals surface area contributed by atoms with Crippen molar-refractivity contribution in [3.8, 4) is 0 Å². The summed E-state index contributed by atoms with van der Waals surface area (Å²) in [6, 6.07) is 1.81. The number of aryl methyl sites for hydroxylation is 1. The quantitative estimate of drug-likeness (QED) is 0.664. The van der Waals surface area contributed by atoms with E-state index in [2.05, 4.69) is 4.98 Å². The summed E-state index contributed by atoms with van der Waals surface area (Å²) in [7, 11) is 0. The number of carbonyl (C=O) groups is 1. The monoisotopic (exact) mass is 177 g/mol. The number of hydrogen-bond donors (Lipinski definition) is 0. The van der Waals surface area contributed by atoms with E-state index in [1.807, 2.05) is 20.8 Å². The number of ketones is 1. The molecular weight excluding hydrogens is 162 g/mol. The van der Waals surface area contributed by atoms with Crippen LogP contribution in [0.1, 0.15) is 36.7 Å². The summed E-state index contributed by atoms with van der Waals surface area (Å²) in [6.45, 7) is 5.87. The molecule has 1 heterocycles. The first-order chi connectivity index (χ1) is 6.16. The van der Waals surface area contributed by atoms with E-state index in [-0.39, 0.29) is 11.7 Å². The van der Waals surface area contributed by atoms with Crippen LogP contribution in [0, 0.1) is 5.92 Å². The maximum Gasteiger partial charge on any atom is 0.165 e. The largest absolute Gasteiger partial charge is 0.294 e. The van der Waals surface area contributed by atoms with E-state index in [1.54, 1.807) is 18.5 Å². The molecule has 0 aliphatic carbocycles. The van der Waals surface area contributed by atoms with Crippen LogP contribution in [0.4, 0.5) is 0 Å². The Bertz CT molecular complexity index is 305. The lowest BCUT2D eigenvalue weighted by atomic mass is 9.97. The molecule has 0 unspecified atom stereocenters. The van der Waals surface area contributed by atoms with Crippen LogP contribution in [0.25, 0.3) is 0 Å². The van der Waals surface area contributed by atoms with Crippen molar-refractivity contribution >= 4 is 5.78 Å². The molecule has 0 aliphatic rings. The molecular formula is C11H15NO. The van der Waals surface area contributed by atoms with E-state index in [0.717, 1.165) is 17.5 Å². The van der Waals surface area contributed by atoms with E-state index in [0.29, 0.717) is 0 Å². The van der Waals surface area contributed by atoms with Gasteiger partial charge in [-0.25, -0.2) is 0 Å². The fourth-order valence-electron chi connectivity index (χ4n) is 1.26. The van der Waals surface area contributed by atoms with Crippen LogP contribution in [0.5, 0.6) is 0 Å². The third kappa shape index (κ3) is 2.14. The van der Waals surface area contributed by atoms with Crippen molar-refractivity contribution < 1.29 is 4.79 Å². The molecule has 2 nitrogen and oxygen atoms in total. The molecule has 0 amide bonds. The summed E-state index contributed by atoms with van der Waals surface area (Å²) in [6.07, 6.45) is 4.31. The maximum absolute atomic E-state index is 11.7. The SMILES string of the molecule is CCc1cnccc1C(=O)C(C)C. The van der Waals surface area contributed by atoms with Crippen LogP contribution in [0.2, 0.25) is 0 Å². The second-order valence-corrected chi connectivity index (χ2v) is 3.41. The van der Waals surface area contributed by atoms with Gasteiger partial charge in [-0.15, -0.1) is 0 Å². The summed E-state index contributed by atoms with van der Waals surface area (Å²) in [5.74, 6) is 0.270. The highest BCUT2D eigenvalue weighted by Gasteiger charge is 2.13. The molecule has 0 saturated carbocycles. The number of aromatic nitrogens is 1. The van der Waals surface area contributed by atoms with Gasteiger partial charge in [0.15, 0.2) is 5.78 Å². The third-order valence-electron chi connectivity index (χ3n) is 2.07. The average Bonchev–Trinajstić information content (AvgIpc) is 2.16. The summed E-state index contributed by atoms with van der Waals surface area (Å²) in [5, 5.41) is 0. The Kier molecular flexibility index (Phi) is 3.18. The number of rotatable bonds is 3. The Morgan fingerprint density at radius 3 is 2.77 bits per heavy atom. The molecule has 0 N–H and O–H groups in total. The van der Waals surface area contributed by atoms with Crippen LogP contribution >= 0.6 is 0 Å². The normalized spacial score (nSPS) is 10.5. The van der Waals surface area contributed by atoms with Crippen molar-refractivity contribution in [1.29, 1.82) is 0 Å². The van der Waals surface area contributed by atoms with Gasteiger partial charge in [-0.1, -0.05) is 20.8 Å². The summed E-state index contributed by atoms with van der Waals surface area (Å²) in [4.78, 5) is 15.7. The third-order valence-corrected chi connectivity index (χ3v) is 2.07. The molecule has 0 spiro atoms. The van der Waals surface area contributed by atoms with Gasteiger partial charge in [0.2, 0.25) is 0 Å². The van der Waals surface area contributed by atoms with E-state index in [1.165, 1.54) is 0 Å². The molecule has 0 fully saturated rings. The molecule has 1 rings (SSSR count). The zero-order valence-electron chi connectivity index (χ0n) is 8.37. The molecule has 1 aromatic heterocycles. The minimum Gasteiger partial charge on any atom is -0.294 e. The summed E-state index contributed by atoms with van der Waals surface area (Å²) >= 11 is 0. The van der Waals surface area contributed by atoms with Gasteiger partial charge in [0.25, 0.3) is 0 Å². The second kappa shape index (κ2) is 4.17. The van der Waals surface area contributed by atoms with Crippen LogP contribution in [-0.2, 0) is 6.42 Å². The molecule has 2 heteroatoms. The van der Waals surface area contributed by atoms with Crippen molar-refractivity contribution in [1.82, 2.24) is 4.98 Å². The summed E-state index contributed by atoms with van der Waals surface area (Å²) in [5.41, 5.74) is 1.87. The first kappa shape index (κ1) is 9.90. The Balaban J connectivity index is 3.06. The molecule has 70 valence electrons. The minimum atomic E-state index is 0.0627. The van der Waals surface area contributed by atoms with Crippen molar-refractivity contribution in [3.63, 3.8) is 0 Å². The van der Waals surface area contributed by atoms with Gasteiger partial charge in [0, 0.05) is 23.9 Å². The average molecular weight is 177 g/mol. The molecule has 0 aromatic carbocycles. The van der Waals surface area contributed by atoms with Crippen LogP contribution in [-0.4, -0.2) is 10.8 Å². The first-order valence-corrected chi connectivity index (χ1v) is 4.64. The molecule has 0 bridgehead atoms. The summed E-state index contributed by atoms with van der Waals surface area (Å²) < 4.78 is 0. The smallest absolute Gasteiger partial charge is 0.165 e. The molecule has 0 atom stereocenters. The fraction of sp³-hybridized carbons (Fsp3) is 0.455. The Labute approximate surface area is 79.0 Å². The van der Waals surface area contributed by atoms with Crippen LogP contribution in [0.3, 0.4) is 0 Å². The molecule has 0 radical (unpaired) electrons. The topological polar surface area (TPSA) is 30.0 Å². The van der Waals surface area contributed by atoms with E-state index in [9.17, 15) is 4.79 Å². The Morgan fingerprint density at radius 2 is 2.23 bits per heavy atom. The molecule has 0 aliphatic heterocycles. The molecule has 0 saturated heterocycles. The van der Waals surface area contributed by atoms with E-state index >= 15 is 0 Å². The predicted molar refractivity (Wildman–Crippen MR) is 52.8 cm³/mol. The lowest BCUT2D eigenvalue weighted by molar-refractivity contribution is 0.0938. The highest BCUT2D eigenvalue weighted by atomic mass is 16.1. The van der Waals surface area contributed by atoms with Gasteiger partial charge in [-0.3, -0.25) is 9.78 Å².